The molecule has 10 heteroatoms. The van der Waals surface area contributed by atoms with Crippen molar-refractivity contribution in [2.45, 2.75) is 44.0 Å². The van der Waals surface area contributed by atoms with Gasteiger partial charge in [-0.15, -0.1) is 0 Å². The van der Waals surface area contributed by atoms with Crippen molar-refractivity contribution < 1.29 is 13.0 Å². The Bertz CT molecular complexity index is 844. The van der Waals surface area contributed by atoms with E-state index in [1.807, 2.05) is 6.92 Å². The van der Waals surface area contributed by atoms with E-state index in [2.05, 4.69) is 32.5 Å². The largest absolute Gasteiger partial charge is 0.368 e. The summed E-state index contributed by atoms with van der Waals surface area (Å²) in [6.07, 6.45) is 3.36. The summed E-state index contributed by atoms with van der Waals surface area (Å²) in [5, 5.41) is 6.22. The van der Waals surface area contributed by atoms with Crippen molar-refractivity contribution in [3.05, 3.63) is 30.1 Å². The number of anilines is 3. The Balaban J connectivity index is 2.14. The fraction of sp³-hybridized carbons (Fsp3) is 0.438. The van der Waals surface area contributed by atoms with E-state index in [4.69, 9.17) is 10.3 Å². The average Bonchev–Trinajstić information content (AvgIpc) is 2.57. The molecule has 0 aliphatic rings. The maximum Gasteiger partial charge on any atom is 0.294 e. The molecule has 0 saturated heterocycles. The van der Waals surface area contributed by atoms with Crippen LogP contribution in [0.3, 0.4) is 0 Å². The molecule has 1 atom stereocenters. The predicted octanol–water partition coefficient (Wildman–Crippen LogP) is 2.28. The zero-order valence-corrected chi connectivity index (χ0v) is 15.6. The molecule has 2 rings (SSSR count). The molecule has 1 heterocycles. The molecule has 0 amide bonds. The van der Waals surface area contributed by atoms with E-state index in [0.29, 0.717) is 11.5 Å². The van der Waals surface area contributed by atoms with Crippen LogP contribution in [-0.4, -0.2) is 34.5 Å². The number of nitrogens with one attached hydrogen (secondary N) is 2. The van der Waals surface area contributed by atoms with Crippen molar-refractivity contribution in [3.63, 3.8) is 0 Å². The summed E-state index contributed by atoms with van der Waals surface area (Å²) in [7, 11) is -4.29. The van der Waals surface area contributed by atoms with E-state index in [9.17, 15) is 8.42 Å². The van der Waals surface area contributed by atoms with E-state index < -0.39 is 10.1 Å². The SMILES string of the molecule is CCCCCNC(C)c1nc(N)nc(Nc2cccc(S(=O)(=O)O)c2)n1. The Labute approximate surface area is 153 Å². The van der Waals surface area contributed by atoms with Crippen LogP contribution in [0.2, 0.25) is 0 Å². The predicted molar refractivity (Wildman–Crippen MR) is 99.7 cm³/mol. The van der Waals surface area contributed by atoms with Crippen molar-refractivity contribution in [2.75, 3.05) is 17.6 Å². The van der Waals surface area contributed by atoms with E-state index in [1.165, 1.54) is 18.2 Å². The molecule has 5 N–H and O–H groups in total. The molecule has 0 radical (unpaired) electrons. The van der Waals surface area contributed by atoms with Crippen LogP contribution in [0.5, 0.6) is 0 Å². The Morgan fingerprint density at radius 3 is 2.69 bits per heavy atom. The first-order chi connectivity index (χ1) is 12.3. The summed E-state index contributed by atoms with van der Waals surface area (Å²) in [4.78, 5) is 12.3. The molecule has 1 unspecified atom stereocenters. The highest BCUT2D eigenvalue weighted by molar-refractivity contribution is 7.85. The van der Waals surface area contributed by atoms with Gasteiger partial charge in [-0.25, -0.2) is 0 Å². The molecule has 0 saturated carbocycles. The van der Waals surface area contributed by atoms with Crippen LogP contribution in [0.15, 0.2) is 29.2 Å². The molecule has 0 spiro atoms. The molecule has 1 aromatic heterocycles. The third kappa shape index (κ3) is 5.90. The molecular formula is C16H24N6O3S. The minimum atomic E-state index is -4.29. The number of nitrogen functional groups attached to an aromatic ring is 1. The molecule has 1 aromatic carbocycles. The Hall–Kier alpha value is -2.30. The van der Waals surface area contributed by atoms with Crippen LogP contribution >= 0.6 is 0 Å². The fourth-order valence-corrected chi connectivity index (χ4v) is 2.83. The summed E-state index contributed by atoms with van der Waals surface area (Å²) in [5.41, 5.74) is 6.16. The van der Waals surface area contributed by atoms with Crippen LogP contribution in [0.25, 0.3) is 0 Å². The summed E-state index contributed by atoms with van der Waals surface area (Å²) in [6.45, 7) is 4.92. The molecule has 0 aliphatic heterocycles. The molecule has 9 nitrogen and oxygen atoms in total. The van der Waals surface area contributed by atoms with Gasteiger partial charge in [-0.05, 0) is 38.1 Å². The number of benzene rings is 1. The van der Waals surface area contributed by atoms with Crippen molar-refractivity contribution in [3.8, 4) is 0 Å². The summed E-state index contributed by atoms with van der Waals surface area (Å²) < 4.78 is 31.6. The number of unbranched alkanes of at least 4 members (excludes halogenated alkanes) is 2. The zero-order valence-electron chi connectivity index (χ0n) is 14.8. The monoisotopic (exact) mass is 380 g/mol. The first-order valence-corrected chi connectivity index (χ1v) is 9.83. The lowest BCUT2D eigenvalue weighted by atomic mass is 10.2. The molecule has 2 aromatic rings. The minimum absolute atomic E-state index is 0.0608. The first kappa shape index (κ1) is 20.0. The number of rotatable bonds is 9. The van der Waals surface area contributed by atoms with E-state index in [1.54, 1.807) is 6.07 Å². The fourth-order valence-electron chi connectivity index (χ4n) is 2.31. The second-order valence-electron chi connectivity index (χ2n) is 5.89. The second kappa shape index (κ2) is 8.88. The first-order valence-electron chi connectivity index (χ1n) is 8.39. The number of aromatic nitrogens is 3. The minimum Gasteiger partial charge on any atom is -0.368 e. The van der Waals surface area contributed by atoms with Gasteiger partial charge in [0.2, 0.25) is 11.9 Å². The van der Waals surface area contributed by atoms with Crippen LogP contribution in [0.1, 0.15) is 45.0 Å². The van der Waals surface area contributed by atoms with E-state index >= 15 is 0 Å². The highest BCUT2D eigenvalue weighted by Crippen LogP contribution is 2.19. The Kier molecular flexibility index (Phi) is 6.83. The van der Waals surface area contributed by atoms with Gasteiger partial charge in [0.15, 0.2) is 5.82 Å². The molecular weight excluding hydrogens is 356 g/mol. The molecule has 0 fully saturated rings. The summed E-state index contributed by atoms with van der Waals surface area (Å²) in [6, 6.07) is 5.58. The van der Waals surface area contributed by atoms with Crippen molar-refractivity contribution in [2.24, 2.45) is 0 Å². The lowest BCUT2D eigenvalue weighted by Crippen LogP contribution is -2.23. The smallest absolute Gasteiger partial charge is 0.294 e. The number of hydrogen-bond acceptors (Lipinski definition) is 8. The van der Waals surface area contributed by atoms with Gasteiger partial charge in [-0.3, -0.25) is 4.55 Å². The zero-order chi connectivity index (χ0) is 19.2. The molecule has 26 heavy (non-hydrogen) atoms. The molecule has 142 valence electrons. The van der Waals surface area contributed by atoms with Crippen LogP contribution in [0, 0.1) is 0 Å². The van der Waals surface area contributed by atoms with Gasteiger partial charge in [0.1, 0.15) is 0 Å². The van der Waals surface area contributed by atoms with Gasteiger partial charge in [0.25, 0.3) is 10.1 Å². The lowest BCUT2D eigenvalue weighted by molar-refractivity contribution is 0.483. The number of nitrogens with zero attached hydrogens (tertiary/aromatic N) is 3. The second-order valence-corrected chi connectivity index (χ2v) is 7.31. The number of hydrogen-bond donors (Lipinski definition) is 4. The third-order valence-electron chi connectivity index (χ3n) is 3.68. The van der Waals surface area contributed by atoms with Gasteiger partial charge in [-0.1, -0.05) is 25.8 Å². The molecule has 0 aliphatic carbocycles. The number of nitrogens with two attached hydrogens (primary N) is 1. The van der Waals surface area contributed by atoms with Gasteiger partial charge >= 0.3 is 0 Å². The normalized spacial score (nSPS) is 12.7. The highest BCUT2D eigenvalue weighted by atomic mass is 32.2. The van der Waals surface area contributed by atoms with Gasteiger partial charge in [0.05, 0.1) is 10.9 Å². The quantitative estimate of drug-likeness (QED) is 0.380. The van der Waals surface area contributed by atoms with Crippen LogP contribution in [0.4, 0.5) is 17.6 Å². The topological polar surface area (TPSA) is 143 Å². The highest BCUT2D eigenvalue weighted by Gasteiger charge is 2.13. The van der Waals surface area contributed by atoms with Crippen LogP contribution < -0.4 is 16.4 Å². The van der Waals surface area contributed by atoms with Crippen molar-refractivity contribution in [1.29, 1.82) is 0 Å². The maximum absolute atomic E-state index is 11.2. The van der Waals surface area contributed by atoms with Crippen molar-refractivity contribution in [1.82, 2.24) is 20.3 Å². The average molecular weight is 380 g/mol. The van der Waals surface area contributed by atoms with E-state index in [0.717, 1.165) is 25.8 Å². The van der Waals surface area contributed by atoms with Gasteiger partial charge < -0.3 is 16.4 Å². The Morgan fingerprint density at radius 2 is 2.00 bits per heavy atom. The van der Waals surface area contributed by atoms with Crippen molar-refractivity contribution >= 4 is 27.7 Å². The molecule has 0 bridgehead atoms. The summed E-state index contributed by atoms with van der Waals surface area (Å²) in [5.74, 6) is 0.746. The van der Waals surface area contributed by atoms with E-state index in [-0.39, 0.29) is 22.8 Å². The maximum atomic E-state index is 11.2. The van der Waals surface area contributed by atoms with Gasteiger partial charge in [0, 0.05) is 5.69 Å². The van der Waals surface area contributed by atoms with Gasteiger partial charge in [-0.2, -0.15) is 23.4 Å². The third-order valence-corrected chi connectivity index (χ3v) is 4.53. The lowest BCUT2D eigenvalue weighted by Gasteiger charge is -2.14. The standard InChI is InChI=1S/C16H24N6O3S/c1-3-4-5-9-18-11(2)14-20-15(17)22-16(21-14)19-12-7-6-8-13(10-12)26(23,24)25/h6-8,10-11,18H,3-5,9H2,1-2H3,(H,23,24,25)(H3,17,19,20,21,22). The summed E-state index contributed by atoms with van der Waals surface area (Å²) >= 11 is 0. The van der Waals surface area contributed by atoms with Crippen LogP contribution in [-0.2, 0) is 10.1 Å². The Morgan fingerprint density at radius 1 is 1.23 bits per heavy atom.